The molecule has 3 saturated heterocycles. The molecule has 6 heterocycles. The van der Waals surface area contributed by atoms with E-state index in [2.05, 4.69) is 103 Å². The number of aryl methyl sites for hydroxylation is 6. The van der Waals surface area contributed by atoms with Crippen molar-refractivity contribution in [2.24, 2.45) is 0 Å². The number of aromatic nitrogens is 1. The highest BCUT2D eigenvalue weighted by Gasteiger charge is 2.59. The SMILES string of the molecule is C=CCCCC.CC(=O)N[C@H](C)Cc1ccccc1.CCNC(C)=O.CCOCCOC.C[C@H]1O[C@@H]2OC(C)(C)O[C@@H]2[C@H]2OC(C)(C)O[C@H]21.Cc1ccc(C)s1.Cc1ccc(F)cc1F.Cc1ccc(N(C)C)cc1.Cc1cccnc1.Cc1ccoc1. The standard InChI is InChI=1S/C12H20O5.C11H15NO.C9H13N.C7H6F2.C6H7N.C6H8S.C6H12.C5H12O2.C5H6O.C4H9NO/c1-6-7-8(15-11(2,3)14-7)9-10(13-6)17-12(4,5)16-9;1-9(12-10(2)13)8-11-6-4-3-5-7-11;1-8-4-6-9(7-5-8)10(2)3;1-5-2-3-6(8)4-7(5)9;1-6-3-2-4-7-5-6;1-5-3-4-6(2)7-5;1-3-5-6-4-2;1-3-7-5-4-6-2;1-5-2-3-6-4-5;1-3-5-4(2)6/h6-10H,1-5H3;3-7,9H,8H2,1-2H3,(H,12,13);4-7H,1-3H3;2-4H,1H3;2-5H,1H3;3-4H,1-2H3;3H,1,4-6H2,2H3;3-5H2,1-2H3;2-4H,1H3;3H2,1-2H3,(H,5,6)/t6-,7+,8+,9-,10-;9-;;;;;;;;/m11......../s1. The third-order valence-electron chi connectivity index (χ3n) is 12.1. The van der Waals surface area contributed by atoms with Gasteiger partial charge in [0.15, 0.2) is 17.9 Å². The van der Waals surface area contributed by atoms with Crippen LogP contribution in [0.4, 0.5) is 14.5 Å². The summed E-state index contributed by atoms with van der Waals surface area (Å²) in [5.41, 5.74) is 6.67. The van der Waals surface area contributed by atoms with E-state index in [1.807, 2.05) is 143 Å². The Hall–Kier alpha value is -6.15. The van der Waals surface area contributed by atoms with E-state index in [-0.39, 0.29) is 48.6 Å². The average Bonchev–Trinajstić information content (AvgIpc) is 1.74. The van der Waals surface area contributed by atoms with Crippen LogP contribution in [0.3, 0.4) is 0 Å². The Morgan fingerprint density at radius 3 is 1.77 bits per heavy atom. The number of ether oxygens (including phenoxy) is 7. The molecule has 492 valence electrons. The van der Waals surface area contributed by atoms with Gasteiger partial charge in [0.25, 0.3) is 0 Å². The van der Waals surface area contributed by atoms with Crippen LogP contribution in [0.15, 0.2) is 145 Å². The largest absolute Gasteiger partial charge is 0.472 e. The van der Waals surface area contributed by atoms with E-state index >= 15 is 0 Å². The zero-order valence-corrected chi connectivity index (χ0v) is 57.5. The van der Waals surface area contributed by atoms with Crippen LogP contribution in [0, 0.1) is 53.2 Å². The lowest BCUT2D eigenvalue weighted by Gasteiger charge is -2.35. The Balaban J connectivity index is 0.000000979. The molecule has 3 aliphatic heterocycles. The Morgan fingerprint density at radius 1 is 0.761 bits per heavy atom. The number of carbonyl (C=O) groups excluding carboxylic acids is 2. The number of nitrogens with zero attached hydrogens (tertiary/aromatic N) is 2. The lowest BCUT2D eigenvalue weighted by molar-refractivity contribution is -0.229. The van der Waals surface area contributed by atoms with Crippen molar-refractivity contribution in [3.8, 4) is 0 Å². The molecule has 3 aromatic carbocycles. The molecule has 2 amide bonds. The van der Waals surface area contributed by atoms with Gasteiger partial charge in [0.05, 0.1) is 31.8 Å². The summed E-state index contributed by atoms with van der Waals surface area (Å²) in [6, 6.07) is 32.5. The third kappa shape index (κ3) is 40.4. The first-order valence-electron chi connectivity index (χ1n) is 30.2. The first-order valence-corrected chi connectivity index (χ1v) is 31.0. The number of pyridine rings is 1. The van der Waals surface area contributed by atoms with Crippen LogP contribution in [0.1, 0.15) is 133 Å². The van der Waals surface area contributed by atoms with Gasteiger partial charge in [-0.05, 0) is 174 Å². The normalized spacial score (nSPS) is 17.6. The van der Waals surface area contributed by atoms with Crippen LogP contribution >= 0.6 is 11.3 Å². The van der Waals surface area contributed by atoms with Crippen LogP contribution < -0.4 is 15.5 Å². The fourth-order valence-corrected chi connectivity index (χ4v) is 8.59. The number of halogens is 2. The predicted octanol–water partition coefficient (Wildman–Crippen LogP) is 16.0. The Labute approximate surface area is 532 Å². The smallest absolute Gasteiger partial charge is 0.217 e. The zero-order valence-electron chi connectivity index (χ0n) is 56.7. The van der Waals surface area contributed by atoms with Crippen molar-refractivity contribution >= 4 is 28.8 Å². The highest BCUT2D eigenvalue weighted by molar-refractivity contribution is 7.11. The molecule has 0 bridgehead atoms. The van der Waals surface area contributed by atoms with Crippen molar-refractivity contribution < 1.29 is 55.9 Å². The topological polar surface area (TPSA) is 152 Å². The molecule has 6 atom stereocenters. The third-order valence-corrected chi connectivity index (χ3v) is 13.0. The van der Waals surface area contributed by atoms with E-state index in [0.717, 1.165) is 25.6 Å². The van der Waals surface area contributed by atoms with Gasteiger partial charge in [0.2, 0.25) is 11.8 Å². The van der Waals surface area contributed by atoms with E-state index in [1.54, 1.807) is 39.7 Å². The number of rotatable bonds is 12. The molecule has 3 aliphatic rings. The van der Waals surface area contributed by atoms with E-state index in [1.165, 1.54) is 76.0 Å². The maximum Gasteiger partial charge on any atom is 0.217 e. The highest BCUT2D eigenvalue weighted by Crippen LogP contribution is 2.44. The molecule has 0 radical (unpaired) electrons. The molecule has 17 heteroatoms. The quantitative estimate of drug-likeness (QED) is 0.0886. The summed E-state index contributed by atoms with van der Waals surface area (Å²) >= 11 is 1.84. The number of methoxy groups -OCH3 is 1. The van der Waals surface area contributed by atoms with Gasteiger partial charge in [0, 0.05) is 88.1 Å². The summed E-state index contributed by atoms with van der Waals surface area (Å²) in [6.45, 7) is 39.1. The maximum atomic E-state index is 12.3. The molecule has 0 unspecified atom stereocenters. The molecule has 0 spiro atoms. The van der Waals surface area contributed by atoms with Gasteiger partial charge in [-0.1, -0.05) is 86.0 Å². The van der Waals surface area contributed by atoms with E-state index in [4.69, 9.17) is 37.6 Å². The predicted molar refractivity (Wildman–Crippen MR) is 357 cm³/mol. The second-order valence-corrected chi connectivity index (χ2v) is 23.5. The van der Waals surface area contributed by atoms with E-state index in [0.29, 0.717) is 18.8 Å². The average molecular weight is 1250 g/mol. The minimum atomic E-state index is -0.625. The van der Waals surface area contributed by atoms with Crippen molar-refractivity contribution in [3.63, 3.8) is 0 Å². The minimum absolute atomic E-state index is 0.0310. The number of amides is 2. The number of nitrogens with one attached hydrogen (secondary N) is 2. The van der Waals surface area contributed by atoms with Crippen molar-refractivity contribution in [3.05, 3.63) is 190 Å². The number of furan rings is 1. The van der Waals surface area contributed by atoms with Gasteiger partial charge >= 0.3 is 0 Å². The van der Waals surface area contributed by atoms with Crippen LogP contribution in [0.2, 0.25) is 0 Å². The second kappa shape index (κ2) is 46.9. The number of allylic oxidation sites excluding steroid dienone is 1. The van der Waals surface area contributed by atoms with E-state index in [9.17, 15) is 18.4 Å². The Bertz CT molecular complexity index is 2670. The van der Waals surface area contributed by atoms with Crippen molar-refractivity contribution in [2.45, 2.75) is 192 Å². The number of carbonyl (C=O) groups is 2. The van der Waals surface area contributed by atoms with Crippen LogP contribution in [-0.2, 0) is 49.2 Å². The van der Waals surface area contributed by atoms with Gasteiger partial charge < -0.3 is 53.1 Å². The van der Waals surface area contributed by atoms with Crippen molar-refractivity contribution in [1.29, 1.82) is 0 Å². The minimum Gasteiger partial charge on any atom is -0.472 e. The van der Waals surface area contributed by atoms with Gasteiger partial charge in [-0.2, -0.15) is 0 Å². The number of fused-ring (bicyclic) bond motifs is 3. The fourth-order valence-electron chi connectivity index (χ4n) is 7.81. The van der Waals surface area contributed by atoms with Crippen molar-refractivity contribution in [1.82, 2.24) is 15.6 Å². The molecule has 2 N–H and O–H groups in total. The van der Waals surface area contributed by atoms with Gasteiger partial charge in [-0.25, -0.2) is 8.78 Å². The number of benzene rings is 3. The lowest BCUT2D eigenvalue weighted by atomic mass is 10.0. The zero-order chi connectivity index (χ0) is 66.7. The Kier molecular flexibility index (Phi) is 43.6. The number of anilines is 1. The summed E-state index contributed by atoms with van der Waals surface area (Å²) in [4.78, 5) is 29.4. The molecular weight excluding hydrogens is 1140 g/mol. The van der Waals surface area contributed by atoms with E-state index < -0.39 is 23.2 Å². The summed E-state index contributed by atoms with van der Waals surface area (Å²) in [5.74, 6) is -2.16. The summed E-state index contributed by atoms with van der Waals surface area (Å²) in [5, 5.41) is 5.42. The summed E-state index contributed by atoms with van der Waals surface area (Å²) in [6.07, 6.45) is 12.7. The fraction of sp³-hybridized carbons (Fsp3) is 0.507. The Morgan fingerprint density at radius 2 is 1.38 bits per heavy atom. The van der Waals surface area contributed by atoms with Crippen molar-refractivity contribution in [2.75, 3.05) is 52.5 Å². The number of hydrogen-bond acceptors (Lipinski definition) is 13. The summed E-state index contributed by atoms with van der Waals surface area (Å²) < 4.78 is 68.0. The van der Waals surface area contributed by atoms with Gasteiger partial charge in [-0.15, -0.1) is 17.9 Å². The highest BCUT2D eigenvalue weighted by atomic mass is 32.1. The molecule has 0 aliphatic carbocycles. The first-order chi connectivity index (χ1) is 41.5. The number of thiophene rings is 1. The van der Waals surface area contributed by atoms with Crippen LogP contribution in [0.5, 0.6) is 0 Å². The lowest BCUT2D eigenvalue weighted by Crippen LogP contribution is -2.53. The molecule has 9 rings (SSSR count). The monoisotopic (exact) mass is 1250 g/mol. The molecule has 6 aromatic rings. The molecule has 3 aromatic heterocycles. The molecule has 14 nitrogen and oxygen atoms in total. The molecule has 0 saturated carbocycles. The number of hydrogen-bond donors (Lipinski definition) is 2. The maximum absolute atomic E-state index is 12.3. The second-order valence-electron chi connectivity index (χ2n) is 22.0. The number of unbranched alkanes of at least 4 members (excludes halogenated alkanes) is 2. The molecule has 88 heavy (non-hydrogen) atoms. The van der Waals surface area contributed by atoms with Crippen LogP contribution in [0.25, 0.3) is 0 Å². The van der Waals surface area contributed by atoms with Gasteiger partial charge in [-0.3, -0.25) is 14.6 Å². The summed E-state index contributed by atoms with van der Waals surface area (Å²) in [7, 11) is 5.76. The molecular formula is C71H108F2N4O10S. The van der Waals surface area contributed by atoms with Gasteiger partial charge in [0.1, 0.15) is 29.9 Å². The first kappa shape index (κ1) is 81.8. The van der Waals surface area contributed by atoms with Crippen LogP contribution in [-0.4, -0.2) is 113 Å². The molecule has 3 fully saturated rings.